The second-order valence-corrected chi connectivity index (χ2v) is 8.06. The largest absolute Gasteiger partial charge is 0.357 e. The number of aromatic nitrogens is 1. The maximum Gasteiger partial charge on any atom is 0.208 e. The fraction of sp³-hybridized carbons (Fsp3) is 0.714. The molecule has 0 aliphatic heterocycles. The third-order valence-electron chi connectivity index (χ3n) is 2.89. The summed E-state index contributed by atoms with van der Waals surface area (Å²) in [4.78, 5) is 10.1. The summed E-state index contributed by atoms with van der Waals surface area (Å²) in [6, 6.07) is 0. The van der Waals surface area contributed by atoms with Gasteiger partial charge in [-0.2, -0.15) is 0 Å². The summed E-state index contributed by atoms with van der Waals surface area (Å²) in [6.07, 6.45) is 5.65. The summed E-state index contributed by atoms with van der Waals surface area (Å²) in [5.74, 6) is 0.749. The van der Waals surface area contributed by atoms with Crippen molar-refractivity contribution in [3.8, 4) is 0 Å². The normalized spacial score (nSPS) is 12.4. The van der Waals surface area contributed by atoms with E-state index in [0.717, 1.165) is 43.2 Å². The summed E-state index contributed by atoms with van der Waals surface area (Å²) in [6.45, 7) is 6.66. The van der Waals surface area contributed by atoms with Crippen molar-refractivity contribution >= 4 is 27.3 Å². The van der Waals surface area contributed by atoms with E-state index in [0.29, 0.717) is 19.5 Å². The number of hydrogen-bond acceptors (Lipinski definition) is 5. The van der Waals surface area contributed by atoms with Gasteiger partial charge in [-0.05, 0) is 19.8 Å². The molecule has 0 aliphatic rings. The molecule has 1 rings (SSSR count). The van der Waals surface area contributed by atoms with E-state index in [4.69, 9.17) is 0 Å². The van der Waals surface area contributed by atoms with Crippen molar-refractivity contribution in [2.45, 2.75) is 33.1 Å². The van der Waals surface area contributed by atoms with Crippen molar-refractivity contribution in [3.63, 3.8) is 0 Å². The molecule has 1 heterocycles. The number of hydrogen-bond donors (Lipinski definition) is 3. The van der Waals surface area contributed by atoms with E-state index in [9.17, 15) is 8.42 Å². The molecular weight excluding hydrogens is 334 g/mol. The van der Waals surface area contributed by atoms with Gasteiger partial charge in [0, 0.05) is 43.7 Å². The smallest absolute Gasteiger partial charge is 0.208 e. The van der Waals surface area contributed by atoms with E-state index >= 15 is 0 Å². The van der Waals surface area contributed by atoms with Gasteiger partial charge in [-0.3, -0.25) is 4.99 Å². The molecule has 0 atom stereocenters. The average Bonchev–Trinajstić information content (AvgIpc) is 2.93. The summed E-state index contributed by atoms with van der Waals surface area (Å²) < 4.78 is 24.4. The van der Waals surface area contributed by atoms with Crippen molar-refractivity contribution in [1.82, 2.24) is 20.3 Å². The monoisotopic (exact) mass is 361 g/mol. The molecular formula is C14H27N5O2S2. The van der Waals surface area contributed by atoms with E-state index in [1.54, 1.807) is 11.3 Å². The maximum atomic E-state index is 11.0. The number of nitrogens with zero attached hydrogens (tertiary/aromatic N) is 2. The zero-order valence-corrected chi connectivity index (χ0v) is 15.7. The molecule has 0 aromatic carbocycles. The van der Waals surface area contributed by atoms with Crippen LogP contribution in [0.1, 0.15) is 30.2 Å². The fourth-order valence-electron chi connectivity index (χ4n) is 1.78. The molecule has 3 N–H and O–H groups in total. The summed E-state index contributed by atoms with van der Waals surface area (Å²) >= 11 is 1.75. The molecule has 0 amide bonds. The van der Waals surface area contributed by atoms with Crippen LogP contribution in [0.5, 0.6) is 0 Å². The van der Waals surface area contributed by atoms with E-state index in [1.807, 2.05) is 13.1 Å². The van der Waals surface area contributed by atoms with E-state index in [-0.39, 0.29) is 0 Å². The third kappa shape index (κ3) is 9.52. The van der Waals surface area contributed by atoms with Crippen LogP contribution < -0.4 is 15.4 Å². The van der Waals surface area contributed by atoms with Crippen molar-refractivity contribution in [2.75, 3.05) is 32.4 Å². The summed E-state index contributed by atoms with van der Waals surface area (Å²) in [5.41, 5.74) is 0. The van der Waals surface area contributed by atoms with Crippen molar-refractivity contribution in [1.29, 1.82) is 0 Å². The van der Waals surface area contributed by atoms with Crippen molar-refractivity contribution < 1.29 is 8.42 Å². The van der Waals surface area contributed by atoms with Crippen LogP contribution in [0.2, 0.25) is 0 Å². The van der Waals surface area contributed by atoms with Crippen LogP contribution in [0.3, 0.4) is 0 Å². The Morgan fingerprint density at radius 2 is 2.09 bits per heavy atom. The van der Waals surface area contributed by atoms with Gasteiger partial charge in [0.25, 0.3) is 0 Å². The molecule has 1 aromatic heterocycles. The minimum Gasteiger partial charge on any atom is -0.357 e. The Balaban J connectivity index is 2.31. The Morgan fingerprint density at radius 3 is 2.70 bits per heavy atom. The van der Waals surface area contributed by atoms with Gasteiger partial charge in [0.2, 0.25) is 10.0 Å². The van der Waals surface area contributed by atoms with Crippen LogP contribution >= 0.6 is 11.3 Å². The molecule has 7 nitrogen and oxygen atoms in total. The second kappa shape index (κ2) is 10.6. The third-order valence-corrected chi connectivity index (χ3v) is 4.82. The first kappa shape index (κ1) is 19.9. The standard InChI is InChI=1S/C14H27N5O2S2/c1-4-12-11-18-13(22-12)7-10-17-14(15-5-2)16-8-6-9-19-23(3,20)21/h11,19H,4-10H2,1-3H3,(H2,15,16,17). The molecule has 0 spiro atoms. The molecule has 0 aliphatic carbocycles. The molecule has 0 unspecified atom stereocenters. The number of sulfonamides is 1. The Kier molecular flexibility index (Phi) is 9.12. The molecule has 0 saturated heterocycles. The zero-order valence-electron chi connectivity index (χ0n) is 14.1. The molecule has 0 bridgehead atoms. The number of nitrogens with one attached hydrogen (secondary N) is 3. The topological polar surface area (TPSA) is 95.5 Å². The lowest BCUT2D eigenvalue weighted by atomic mass is 10.4. The Labute approximate surface area is 143 Å². The van der Waals surface area contributed by atoms with Crippen molar-refractivity contribution in [3.05, 3.63) is 16.1 Å². The van der Waals surface area contributed by atoms with Gasteiger partial charge in [-0.1, -0.05) is 6.92 Å². The predicted molar refractivity (Wildman–Crippen MR) is 96.6 cm³/mol. The highest BCUT2D eigenvalue weighted by atomic mass is 32.2. The van der Waals surface area contributed by atoms with Gasteiger partial charge in [-0.25, -0.2) is 18.1 Å². The van der Waals surface area contributed by atoms with Gasteiger partial charge >= 0.3 is 0 Å². The lowest BCUT2D eigenvalue weighted by Crippen LogP contribution is -2.38. The van der Waals surface area contributed by atoms with E-state index in [2.05, 4.69) is 32.3 Å². The number of thiazole rings is 1. The highest BCUT2D eigenvalue weighted by Gasteiger charge is 2.02. The molecule has 9 heteroatoms. The lowest BCUT2D eigenvalue weighted by Gasteiger charge is -2.10. The zero-order chi connectivity index (χ0) is 17.1. The lowest BCUT2D eigenvalue weighted by molar-refractivity contribution is 0.585. The van der Waals surface area contributed by atoms with E-state index in [1.165, 1.54) is 4.88 Å². The van der Waals surface area contributed by atoms with Crippen LogP contribution in [-0.2, 0) is 22.9 Å². The highest BCUT2D eigenvalue weighted by molar-refractivity contribution is 7.88. The SMILES string of the molecule is CCNC(=NCCCNS(C)(=O)=O)NCCc1ncc(CC)s1. The van der Waals surface area contributed by atoms with E-state index < -0.39 is 10.0 Å². The minimum atomic E-state index is -3.12. The first-order valence-corrected chi connectivity index (χ1v) is 10.6. The van der Waals surface area contributed by atoms with Gasteiger partial charge in [0.05, 0.1) is 11.3 Å². The first-order chi connectivity index (χ1) is 10.9. The number of aryl methyl sites for hydroxylation is 1. The minimum absolute atomic E-state index is 0.403. The van der Waals surface area contributed by atoms with Crippen LogP contribution in [0.15, 0.2) is 11.2 Å². The fourth-order valence-corrected chi connectivity index (χ4v) is 3.16. The molecule has 132 valence electrons. The maximum absolute atomic E-state index is 11.0. The summed E-state index contributed by atoms with van der Waals surface area (Å²) in [7, 11) is -3.12. The molecule has 0 radical (unpaired) electrons. The number of guanidine groups is 1. The second-order valence-electron chi connectivity index (χ2n) is 5.03. The quantitative estimate of drug-likeness (QED) is 0.325. The first-order valence-electron chi connectivity index (χ1n) is 7.85. The van der Waals surface area contributed by atoms with Gasteiger partial charge in [0.15, 0.2) is 5.96 Å². The Morgan fingerprint density at radius 1 is 1.30 bits per heavy atom. The van der Waals surface area contributed by atoms with Crippen molar-refractivity contribution in [2.24, 2.45) is 4.99 Å². The predicted octanol–water partition coefficient (Wildman–Crippen LogP) is 0.742. The Hall–Kier alpha value is -1.19. The average molecular weight is 362 g/mol. The molecule has 0 saturated carbocycles. The van der Waals surface area contributed by atoms with Crippen LogP contribution in [0, 0.1) is 0 Å². The highest BCUT2D eigenvalue weighted by Crippen LogP contribution is 2.13. The molecule has 23 heavy (non-hydrogen) atoms. The number of rotatable bonds is 10. The van der Waals surface area contributed by atoms with Crippen LogP contribution in [0.4, 0.5) is 0 Å². The van der Waals surface area contributed by atoms with Gasteiger partial charge in [0.1, 0.15) is 0 Å². The molecule has 0 fully saturated rings. The van der Waals surface area contributed by atoms with Gasteiger partial charge in [-0.15, -0.1) is 11.3 Å². The summed E-state index contributed by atoms with van der Waals surface area (Å²) in [5, 5.41) is 7.57. The van der Waals surface area contributed by atoms with Gasteiger partial charge < -0.3 is 10.6 Å². The van der Waals surface area contributed by atoms with Crippen LogP contribution in [-0.4, -0.2) is 51.8 Å². The molecule has 1 aromatic rings. The Bertz CT molecular complexity index is 584. The van der Waals surface area contributed by atoms with Crippen LogP contribution in [0.25, 0.3) is 0 Å². The number of aliphatic imine (C=N–C) groups is 1.